The van der Waals surface area contributed by atoms with Crippen molar-refractivity contribution in [3.8, 4) is 6.07 Å². The summed E-state index contributed by atoms with van der Waals surface area (Å²) in [7, 11) is 2.17. The summed E-state index contributed by atoms with van der Waals surface area (Å²) in [5.41, 5.74) is 2.13. The van der Waals surface area contributed by atoms with E-state index in [1.807, 2.05) is 0 Å². The molecule has 2 aromatic rings. The third-order valence-electron chi connectivity index (χ3n) is 5.84. The average Bonchev–Trinajstić information content (AvgIpc) is 2.62. The highest BCUT2D eigenvalue weighted by Gasteiger charge is 2.43. The molecule has 142 valence electrons. The second kappa shape index (κ2) is 9.37. The van der Waals surface area contributed by atoms with E-state index in [0.29, 0.717) is 5.92 Å². The van der Waals surface area contributed by atoms with E-state index in [9.17, 15) is 5.26 Å². The SMILES string of the molecule is CN(CCCC(C#N)(c1ccc(Br)c(Br)c1)C1CCC1)Cc1ccccc1. The zero-order valence-electron chi connectivity index (χ0n) is 15.8. The predicted octanol–water partition coefficient (Wildman–Crippen LogP) is 6.69. The highest BCUT2D eigenvalue weighted by atomic mass is 79.9. The van der Waals surface area contributed by atoms with Crippen molar-refractivity contribution in [1.29, 1.82) is 5.26 Å². The van der Waals surface area contributed by atoms with E-state index in [4.69, 9.17) is 0 Å². The van der Waals surface area contributed by atoms with Gasteiger partial charge in [-0.2, -0.15) is 5.26 Å². The number of hydrogen-bond acceptors (Lipinski definition) is 2. The third-order valence-corrected chi connectivity index (χ3v) is 7.72. The van der Waals surface area contributed by atoms with Gasteiger partial charge in [0.25, 0.3) is 0 Å². The molecule has 0 N–H and O–H groups in total. The molecule has 1 fully saturated rings. The quantitative estimate of drug-likeness (QED) is 0.413. The maximum atomic E-state index is 10.2. The summed E-state index contributed by atoms with van der Waals surface area (Å²) in [6.45, 7) is 1.95. The predicted molar refractivity (Wildman–Crippen MR) is 118 cm³/mol. The van der Waals surface area contributed by atoms with Gasteiger partial charge in [-0.25, -0.2) is 0 Å². The summed E-state index contributed by atoms with van der Waals surface area (Å²) in [6, 6.07) is 19.7. The van der Waals surface area contributed by atoms with Crippen molar-refractivity contribution in [2.75, 3.05) is 13.6 Å². The molecule has 1 aliphatic carbocycles. The molecule has 2 nitrogen and oxygen atoms in total. The van der Waals surface area contributed by atoms with E-state index in [1.54, 1.807) is 0 Å². The smallest absolute Gasteiger partial charge is 0.0851 e. The fraction of sp³-hybridized carbons (Fsp3) is 0.435. The molecule has 1 aliphatic rings. The van der Waals surface area contributed by atoms with Crippen LogP contribution in [-0.4, -0.2) is 18.5 Å². The number of halogens is 2. The van der Waals surface area contributed by atoms with Crippen molar-refractivity contribution >= 4 is 31.9 Å². The monoisotopic (exact) mass is 488 g/mol. The van der Waals surface area contributed by atoms with Gasteiger partial charge in [0.05, 0.1) is 11.5 Å². The molecule has 0 aliphatic heterocycles. The minimum absolute atomic E-state index is 0.366. The highest BCUT2D eigenvalue weighted by Crippen LogP contribution is 2.47. The van der Waals surface area contributed by atoms with Crippen LogP contribution in [0.25, 0.3) is 0 Å². The maximum Gasteiger partial charge on any atom is 0.0851 e. The van der Waals surface area contributed by atoms with E-state index in [0.717, 1.165) is 40.4 Å². The Morgan fingerprint density at radius 2 is 1.85 bits per heavy atom. The second-order valence-corrected chi connectivity index (χ2v) is 9.38. The molecular weight excluding hydrogens is 464 g/mol. The molecular formula is C23H26Br2N2. The van der Waals surface area contributed by atoms with Crippen LogP contribution in [0.1, 0.15) is 43.2 Å². The van der Waals surface area contributed by atoms with Crippen LogP contribution in [0.15, 0.2) is 57.5 Å². The number of hydrogen-bond donors (Lipinski definition) is 0. The first-order valence-corrected chi connectivity index (χ1v) is 11.2. The molecule has 3 rings (SSSR count). The van der Waals surface area contributed by atoms with Crippen LogP contribution in [0.4, 0.5) is 0 Å². The number of nitriles is 1. The summed E-state index contributed by atoms with van der Waals surface area (Å²) < 4.78 is 2.06. The number of rotatable bonds is 8. The van der Waals surface area contributed by atoms with E-state index in [1.165, 1.54) is 24.8 Å². The van der Waals surface area contributed by atoms with E-state index in [-0.39, 0.29) is 5.41 Å². The van der Waals surface area contributed by atoms with E-state index in [2.05, 4.69) is 98.4 Å². The highest BCUT2D eigenvalue weighted by molar-refractivity contribution is 9.13. The zero-order chi connectivity index (χ0) is 19.3. The van der Waals surface area contributed by atoms with Crippen molar-refractivity contribution in [3.63, 3.8) is 0 Å². The Bertz CT molecular complexity index is 796. The second-order valence-electron chi connectivity index (χ2n) is 7.67. The van der Waals surface area contributed by atoms with Gasteiger partial charge in [-0.3, -0.25) is 0 Å². The Morgan fingerprint density at radius 1 is 1.11 bits per heavy atom. The lowest BCUT2D eigenvalue weighted by molar-refractivity contribution is 0.188. The average molecular weight is 490 g/mol. The molecule has 0 aromatic heterocycles. The van der Waals surface area contributed by atoms with E-state index < -0.39 is 0 Å². The van der Waals surface area contributed by atoms with Crippen LogP contribution in [0.2, 0.25) is 0 Å². The van der Waals surface area contributed by atoms with Crippen molar-refractivity contribution in [1.82, 2.24) is 4.90 Å². The standard InChI is InChI=1S/C23H26Br2N2/c1-27(16-18-7-3-2-4-8-18)14-6-13-23(17-26,19-9-5-10-19)20-11-12-21(24)22(25)15-20/h2-4,7-8,11-12,15,19H,5-6,9-10,13-14,16H2,1H3. The van der Waals surface area contributed by atoms with Gasteiger partial charge in [0.2, 0.25) is 0 Å². The molecule has 4 heteroatoms. The van der Waals surface area contributed by atoms with E-state index >= 15 is 0 Å². The van der Waals surface area contributed by atoms with Gasteiger partial charge < -0.3 is 4.90 Å². The molecule has 0 heterocycles. The Balaban J connectivity index is 1.69. The van der Waals surface area contributed by atoms with Crippen LogP contribution in [-0.2, 0) is 12.0 Å². The Kier molecular flexibility index (Phi) is 7.14. The minimum Gasteiger partial charge on any atom is -0.302 e. The zero-order valence-corrected chi connectivity index (χ0v) is 19.0. The number of nitrogens with zero attached hydrogens (tertiary/aromatic N) is 2. The molecule has 27 heavy (non-hydrogen) atoms. The lowest BCUT2D eigenvalue weighted by Crippen LogP contribution is -2.38. The van der Waals surface area contributed by atoms with Gasteiger partial charge in [-0.15, -0.1) is 0 Å². The van der Waals surface area contributed by atoms with Crippen LogP contribution < -0.4 is 0 Å². The van der Waals surface area contributed by atoms with Crippen LogP contribution in [0.3, 0.4) is 0 Å². The first kappa shape index (κ1) is 20.6. The van der Waals surface area contributed by atoms with Gasteiger partial charge in [-0.1, -0.05) is 42.8 Å². The Morgan fingerprint density at radius 3 is 2.44 bits per heavy atom. The van der Waals surface area contributed by atoms with Gasteiger partial charge in [0.15, 0.2) is 0 Å². The molecule has 0 spiro atoms. The Hall–Kier alpha value is -1.15. The van der Waals surface area contributed by atoms with Gasteiger partial charge >= 0.3 is 0 Å². The Labute approximate surface area is 179 Å². The molecule has 1 saturated carbocycles. The van der Waals surface area contributed by atoms with Crippen molar-refractivity contribution in [2.24, 2.45) is 5.92 Å². The largest absolute Gasteiger partial charge is 0.302 e. The number of benzene rings is 2. The molecule has 1 atom stereocenters. The van der Waals surface area contributed by atoms with Crippen molar-refractivity contribution in [3.05, 3.63) is 68.6 Å². The summed E-state index contributed by atoms with van der Waals surface area (Å²) in [4.78, 5) is 2.36. The molecule has 0 amide bonds. The van der Waals surface area contributed by atoms with Crippen LogP contribution >= 0.6 is 31.9 Å². The molecule has 0 bridgehead atoms. The minimum atomic E-state index is -0.366. The first-order valence-electron chi connectivity index (χ1n) is 9.64. The summed E-state index contributed by atoms with van der Waals surface area (Å²) in [6.07, 6.45) is 5.53. The lowest BCUT2D eigenvalue weighted by atomic mass is 9.61. The third kappa shape index (κ3) is 4.83. The topological polar surface area (TPSA) is 27.0 Å². The van der Waals surface area contributed by atoms with Gasteiger partial charge in [0.1, 0.15) is 0 Å². The summed E-state index contributed by atoms with van der Waals surface area (Å²) in [5.74, 6) is 0.481. The lowest BCUT2D eigenvalue weighted by Gasteiger charge is -2.41. The summed E-state index contributed by atoms with van der Waals surface area (Å²) >= 11 is 7.17. The molecule has 1 unspecified atom stereocenters. The molecule has 2 aromatic carbocycles. The summed E-state index contributed by atoms with van der Waals surface area (Å²) in [5, 5.41) is 10.2. The van der Waals surface area contributed by atoms with Crippen molar-refractivity contribution in [2.45, 2.75) is 44.1 Å². The molecule has 0 saturated heterocycles. The fourth-order valence-corrected chi connectivity index (χ4v) is 4.70. The fourth-order valence-electron chi connectivity index (χ4n) is 4.07. The molecule has 0 radical (unpaired) electrons. The van der Waals surface area contributed by atoms with Crippen LogP contribution in [0.5, 0.6) is 0 Å². The van der Waals surface area contributed by atoms with Gasteiger partial charge in [0, 0.05) is 15.5 Å². The maximum absolute atomic E-state index is 10.2. The normalized spacial score (nSPS) is 16.6. The van der Waals surface area contributed by atoms with Crippen molar-refractivity contribution < 1.29 is 0 Å². The first-order chi connectivity index (χ1) is 13.0. The van der Waals surface area contributed by atoms with Gasteiger partial charge in [-0.05, 0) is 100 Å². The van der Waals surface area contributed by atoms with Crippen LogP contribution in [0, 0.1) is 17.2 Å².